The fourth-order valence-electron chi connectivity index (χ4n) is 3.19. The number of halogens is 2. The van der Waals surface area contributed by atoms with E-state index in [4.69, 9.17) is 0 Å². The van der Waals surface area contributed by atoms with Gasteiger partial charge in [-0.1, -0.05) is 32.6 Å². The van der Waals surface area contributed by atoms with Gasteiger partial charge in [0.1, 0.15) is 5.75 Å². The van der Waals surface area contributed by atoms with Crippen LogP contribution in [0.5, 0.6) is 5.75 Å². The molecule has 2 unspecified atom stereocenters. The minimum atomic E-state index is -2.76. The molecular weight excluding hydrogens is 272 g/mol. The number of benzene rings is 1. The van der Waals surface area contributed by atoms with E-state index < -0.39 is 6.61 Å². The van der Waals surface area contributed by atoms with Gasteiger partial charge in [0.15, 0.2) is 0 Å². The molecule has 0 bridgehead atoms. The first-order valence-electron chi connectivity index (χ1n) is 7.98. The zero-order chi connectivity index (χ0) is 15.1. The van der Waals surface area contributed by atoms with Gasteiger partial charge in [0, 0.05) is 11.7 Å². The zero-order valence-corrected chi connectivity index (χ0v) is 12.7. The summed E-state index contributed by atoms with van der Waals surface area (Å²) in [6, 6.07) is 7.29. The second kappa shape index (κ2) is 8.20. The van der Waals surface area contributed by atoms with E-state index in [-0.39, 0.29) is 5.75 Å². The lowest BCUT2D eigenvalue weighted by Gasteiger charge is -2.18. The van der Waals surface area contributed by atoms with Gasteiger partial charge in [-0.25, -0.2) is 0 Å². The third-order valence-corrected chi connectivity index (χ3v) is 4.24. The molecule has 0 heterocycles. The second-order valence-electron chi connectivity index (χ2n) is 5.91. The molecule has 0 radical (unpaired) electrons. The van der Waals surface area contributed by atoms with Crippen LogP contribution < -0.4 is 10.1 Å². The first-order chi connectivity index (χ1) is 10.2. The van der Waals surface area contributed by atoms with Gasteiger partial charge in [-0.2, -0.15) is 8.78 Å². The summed E-state index contributed by atoms with van der Waals surface area (Å²) in [5.41, 5.74) is 0.982. The Balaban J connectivity index is 1.83. The maximum Gasteiger partial charge on any atom is 0.387 e. The fraction of sp³-hybridized carbons (Fsp3) is 0.647. The molecule has 0 saturated heterocycles. The number of nitrogens with one attached hydrogen (secondary N) is 1. The number of hydrogen-bond donors (Lipinski definition) is 1. The highest BCUT2D eigenvalue weighted by Gasteiger charge is 2.18. The van der Waals surface area contributed by atoms with Crippen molar-refractivity contribution in [3.05, 3.63) is 24.3 Å². The number of rotatable bonds is 6. The minimum absolute atomic E-state index is 0.208. The Morgan fingerprint density at radius 2 is 1.90 bits per heavy atom. The first kappa shape index (κ1) is 16.1. The molecule has 2 nitrogen and oxygen atoms in total. The lowest BCUT2D eigenvalue weighted by molar-refractivity contribution is -0.0498. The Kier molecular flexibility index (Phi) is 6.27. The molecule has 2 rings (SSSR count). The third-order valence-electron chi connectivity index (χ3n) is 4.24. The van der Waals surface area contributed by atoms with Crippen molar-refractivity contribution in [3.63, 3.8) is 0 Å². The van der Waals surface area contributed by atoms with Crippen LogP contribution in [0.2, 0.25) is 0 Å². The van der Waals surface area contributed by atoms with Crippen molar-refractivity contribution in [1.29, 1.82) is 0 Å². The molecule has 0 aromatic heterocycles. The van der Waals surface area contributed by atoms with Crippen molar-refractivity contribution < 1.29 is 13.5 Å². The molecule has 1 fully saturated rings. The molecule has 1 aromatic rings. The number of alkyl halides is 2. The molecule has 118 valence electrons. The van der Waals surface area contributed by atoms with E-state index in [0.29, 0.717) is 6.04 Å². The van der Waals surface area contributed by atoms with Gasteiger partial charge < -0.3 is 10.1 Å². The number of ether oxygens (including phenoxy) is 1. The largest absolute Gasteiger partial charge is 0.435 e. The van der Waals surface area contributed by atoms with Crippen molar-refractivity contribution in [1.82, 2.24) is 0 Å². The Morgan fingerprint density at radius 3 is 2.57 bits per heavy atom. The van der Waals surface area contributed by atoms with Gasteiger partial charge in [-0.05, 0) is 49.4 Å². The molecule has 4 heteroatoms. The van der Waals surface area contributed by atoms with Gasteiger partial charge >= 0.3 is 6.61 Å². The summed E-state index contributed by atoms with van der Waals surface area (Å²) in [5.74, 6) is 1.09. The van der Waals surface area contributed by atoms with Gasteiger partial charge in [-0.15, -0.1) is 0 Å². The smallest absolute Gasteiger partial charge is 0.387 e. The summed E-state index contributed by atoms with van der Waals surface area (Å²) in [4.78, 5) is 0. The summed E-state index contributed by atoms with van der Waals surface area (Å²) in [5, 5.41) is 3.52. The Bertz CT molecular complexity index is 408. The maximum atomic E-state index is 12.1. The SMILES string of the molecule is CCCC1CCCC(Nc2ccc(OC(F)F)cc2)CC1. The average molecular weight is 297 g/mol. The molecule has 0 spiro atoms. The molecule has 1 aliphatic rings. The highest BCUT2D eigenvalue weighted by Crippen LogP contribution is 2.28. The predicted octanol–water partition coefficient (Wildman–Crippen LogP) is 5.45. The molecule has 1 N–H and O–H groups in total. The Hall–Kier alpha value is -1.32. The van der Waals surface area contributed by atoms with E-state index in [1.54, 1.807) is 12.1 Å². The molecule has 0 aliphatic heterocycles. The van der Waals surface area contributed by atoms with Crippen LogP contribution in [-0.4, -0.2) is 12.7 Å². The maximum absolute atomic E-state index is 12.1. The van der Waals surface area contributed by atoms with E-state index in [2.05, 4.69) is 17.0 Å². The highest BCUT2D eigenvalue weighted by atomic mass is 19.3. The molecular formula is C17H25F2NO. The van der Waals surface area contributed by atoms with Crippen molar-refractivity contribution in [3.8, 4) is 5.75 Å². The molecule has 1 aliphatic carbocycles. The van der Waals surface area contributed by atoms with Crippen molar-refractivity contribution in [2.24, 2.45) is 5.92 Å². The zero-order valence-electron chi connectivity index (χ0n) is 12.7. The summed E-state index contributed by atoms with van der Waals surface area (Å²) >= 11 is 0. The summed E-state index contributed by atoms with van der Waals surface area (Å²) in [7, 11) is 0. The summed E-state index contributed by atoms with van der Waals surface area (Å²) in [6.45, 7) is -0.509. The topological polar surface area (TPSA) is 21.3 Å². The molecule has 0 amide bonds. The van der Waals surface area contributed by atoms with Crippen LogP contribution in [0.15, 0.2) is 24.3 Å². The predicted molar refractivity (Wildman–Crippen MR) is 82.0 cm³/mol. The van der Waals surface area contributed by atoms with Crippen LogP contribution in [0.1, 0.15) is 51.9 Å². The monoisotopic (exact) mass is 297 g/mol. The van der Waals surface area contributed by atoms with E-state index in [1.165, 1.54) is 44.9 Å². The van der Waals surface area contributed by atoms with Gasteiger partial charge in [0.2, 0.25) is 0 Å². The van der Waals surface area contributed by atoms with Gasteiger partial charge in [-0.3, -0.25) is 0 Å². The van der Waals surface area contributed by atoms with Gasteiger partial charge in [0.05, 0.1) is 0 Å². The van der Waals surface area contributed by atoms with Crippen molar-refractivity contribution in [2.75, 3.05) is 5.32 Å². The summed E-state index contributed by atoms with van der Waals surface area (Å²) < 4.78 is 28.6. The minimum Gasteiger partial charge on any atom is -0.435 e. The fourth-order valence-corrected chi connectivity index (χ4v) is 3.19. The van der Waals surface area contributed by atoms with E-state index >= 15 is 0 Å². The summed E-state index contributed by atoms with van der Waals surface area (Å²) in [6.07, 6.45) is 8.90. The highest BCUT2D eigenvalue weighted by molar-refractivity contribution is 5.47. The van der Waals surface area contributed by atoms with Crippen molar-refractivity contribution in [2.45, 2.75) is 64.5 Å². The van der Waals surface area contributed by atoms with E-state index in [9.17, 15) is 8.78 Å². The van der Waals surface area contributed by atoms with Gasteiger partial charge in [0.25, 0.3) is 0 Å². The molecule has 21 heavy (non-hydrogen) atoms. The van der Waals surface area contributed by atoms with Crippen LogP contribution in [0.3, 0.4) is 0 Å². The Morgan fingerprint density at radius 1 is 1.14 bits per heavy atom. The second-order valence-corrected chi connectivity index (χ2v) is 5.91. The number of anilines is 1. The third kappa shape index (κ3) is 5.52. The molecule has 1 saturated carbocycles. The number of hydrogen-bond acceptors (Lipinski definition) is 2. The standard InChI is InChI=1S/C17H25F2NO/c1-2-4-13-5-3-6-14(8-7-13)20-15-9-11-16(12-10-15)21-17(18)19/h9-14,17,20H,2-8H2,1H3. The van der Waals surface area contributed by atoms with Crippen LogP contribution >= 0.6 is 0 Å². The molecule has 1 aromatic carbocycles. The lowest BCUT2D eigenvalue weighted by atomic mass is 9.95. The molecule has 2 atom stereocenters. The van der Waals surface area contributed by atoms with Crippen molar-refractivity contribution >= 4 is 5.69 Å². The van der Waals surface area contributed by atoms with Crippen LogP contribution in [0.4, 0.5) is 14.5 Å². The van der Waals surface area contributed by atoms with Crippen LogP contribution in [-0.2, 0) is 0 Å². The first-order valence-corrected chi connectivity index (χ1v) is 7.98. The average Bonchev–Trinajstić information content (AvgIpc) is 2.67. The van der Waals surface area contributed by atoms with Crippen LogP contribution in [0, 0.1) is 5.92 Å². The Labute approximate surface area is 125 Å². The van der Waals surface area contributed by atoms with E-state index in [0.717, 1.165) is 11.6 Å². The normalized spacial score (nSPS) is 22.9. The quantitative estimate of drug-likeness (QED) is 0.705. The lowest BCUT2D eigenvalue weighted by Crippen LogP contribution is -2.18. The van der Waals surface area contributed by atoms with E-state index in [1.807, 2.05) is 12.1 Å². The van der Waals surface area contributed by atoms with Crippen LogP contribution in [0.25, 0.3) is 0 Å².